The van der Waals surface area contributed by atoms with Crippen molar-refractivity contribution in [3.63, 3.8) is 0 Å². The second kappa shape index (κ2) is 12.0. The van der Waals surface area contributed by atoms with Gasteiger partial charge in [-0.25, -0.2) is 4.39 Å². The summed E-state index contributed by atoms with van der Waals surface area (Å²) in [5.41, 5.74) is 1.93. The van der Waals surface area contributed by atoms with Crippen LogP contribution in [0.1, 0.15) is 56.6 Å². The number of ether oxygens (including phenoxy) is 3. The number of nitrogens with zero attached hydrogens (tertiary/aromatic N) is 2. The standard InChI is InChI=1S/C29H37FN2O6/c1-5-7-20(8-6-2)32(21-9-10-24(30)18(3)11-21)27(33)16-31-14-22(23(15-31)29(34)35)19-12-25(36-4)28-26(13-19)37-17-38-28/h9-13,20,22-23H,5-8,14-17H2,1-4H3,(H,34,35). The highest BCUT2D eigenvalue weighted by molar-refractivity contribution is 5.95. The van der Waals surface area contributed by atoms with Crippen molar-refractivity contribution in [3.8, 4) is 17.2 Å². The van der Waals surface area contributed by atoms with Crippen molar-refractivity contribution in [3.05, 3.63) is 47.3 Å². The summed E-state index contributed by atoms with van der Waals surface area (Å²) in [4.78, 5) is 29.8. The van der Waals surface area contributed by atoms with E-state index in [0.717, 1.165) is 31.2 Å². The Bertz CT molecular complexity index is 1170. The maximum Gasteiger partial charge on any atom is 0.308 e. The van der Waals surface area contributed by atoms with Crippen LogP contribution in [0.5, 0.6) is 17.2 Å². The van der Waals surface area contributed by atoms with E-state index in [9.17, 15) is 19.1 Å². The van der Waals surface area contributed by atoms with E-state index in [1.165, 1.54) is 13.2 Å². The van der Waals surface area contributed by atoms with Gasteiger partial charge in [-0.15, -0.1) is 0 Å². The van der Waals surface area contributed by atoms with E-state index in [-0.39, 0.29) is 43.6 Å². The van der Waals surface area contributed by atoms with Gasteiger partial charge in [-0.3, -0.25) is 14.5 Å². The van der Waals surface area contributed by atoms with Crippen LogP contribution in [0.2, 0.25) is 0 Å². The highest BCUT2D eigenvalue weighted by atomic mass is 19.1. The fourth-order valence-electron chi connectivity index (χ4n) is 5.64. The van der Waals surface area contributed by atoms with Gasteiger partial charge in [0.1, 0.15) is 5.82 Å². The topological polar surface area (TPSA) is 88.5 Å². The van der Waals surface area contributed by atoms with E-state index in [1.54, 1.807) is 30.0 Å². The highest BCUT2D eigenvalue weighted by Crippen LogP contribution is 2.45. The molecule has 2 atom stereocenters. The highest BCUT2D eigenvalue weighted by Gasteiger charge is 2.41. The molecule has 0 bridgehead atoms. The fourth-order valence-corrected chi connectivity index (χ4v) is 5.64. The van der Waals surface area contributed by atoms with Crippen molar-refractivity contribution in [1.29, 1.82) is 0 Å². The van der Waals surface area contributed by atoms with Crippen molar-refractivity contribution in [2.24, 2.45) is 5.92 Å². The number of carboxylic acid groups (broad SMARTS) is 1. The van der Waals surface area contributed by atoms with Crippen LogP contribution in [-0.4, -0.2) is 61.5 Å². The van der Waals surface area contributed by atoms with E-state index in [4.69, 9.17) is 14.2 Å². The molecule has 1 amide bonds. The van der Waals surface area contributed by atoms with E-state index in [2.05, 4.69) is 13.8 Å². The Morgan fingerprint density at radius 1 is 1.16 bits per heavy atom. The van der Waals surface area contributed by atoms with Gasteiger partial charge in [0.05, 0.1) is 19.6 Å². The van der Waals surface area contributed by atoms with Gasteiger partial charge >= 0.3 is 5.97 Å². The molecule has 1 saturated heterocycles. The molecule has 38 heavy (non-hydrogen) atoms. The monoisotopic (exact) mass is 528 g/mol. The molecule has 9 heteroatoms. The molecular formula is C29H37FN2O6. The number of likely N-dealkylation sites (tertiary alicyclic amines) is 1. The number of aliphatic carboxylic acids is 1. The first-order valence-electron chi connectivity index (χ1n) is 13.3. The fraction of sp³-hybridized carbons (Fsp3) is 0.517. The second-order valence-corrected chi connectivity index (χ2v) is 10.1. The molecule has 0 spiro atoms. The normalized spacial score (nSPS) is 18.7. The number of anilines is 1. The van der Waals surface area contributed by atoms with Gasteiger partial charge in [0.15, 0.2) is 11.5 Å². The Kier molecular flexibility index (Phi) is 8.76. The Morgan fingerprint density at radius 3 is 2.53 bits per heavy atom. The minimum atomic E-state index is -0.914. The quantitative estimate of drug-likeness (QED) is 0.440. The summed E-state index contributed by atoms with van der Waals surface area (Å²) in [5, 5.41) is 10.0. The lowest BCUT2D eigenvalue weighted by Crippen LogP contribution is -2.46. The van der Waals surface area contributed by atoms with Crippen LogP contribution >= 0.6 is 0 Å². The Hall–Kier alpha value is -3.33. The summed E-state index contributed by atoms with van der Waals surface area (Å²) in [6, 6.07) is 8.36. The van der Waals surface area contributed by atoms with Crippen molar-refractivity contribution >= 4 is 17.6 Å². The molecule has 4 rings (SSSR count). The second-order valence-electron chi connectivity index (χ2n) is 10.1. The molecule has 2 aliphatic rings. The van der Waals surface area contributed by atoms with Crippen LogP contribution in [0, 0.1) is 18.7 Å². The van der Waals surface area contributed by atoms with E-state index < -0.39 is 11.9 Å². The predicted molar refractivity (Wildman–Crippen MR) is 142 cm³/mol. The number of carboxylic acids is 1. The summed E-state index contributed by atoms with van der Waals surface area (Å²) in [6.45, 7) is 6.66. The minimum absolute atomic E-state index is 0.0193. The number of carbonyl (C=O) groups excluding carboxylic acids is 1. The van der Waals surface area contributed by atoms with Crippen LogP contribution in [0.3, 0.4) is 0 Å². The molecular weight excluding hydrogens is 491 g/mol. The number of benzene rings is 2. The Labute approximate surface area is 223 Å². The van der Waals surface area contributed by atoms with Crippen LogP contribution in [-0.2, 0) is 9.59 Å². The number of carbonyl (C=O) groups is 2. The Morgan fingerprint density at radius 2 is 1.89 bits per heavy atom. The third-order valence-electron chi connectivity index (χ3n) is 7.48. The molecule has 206 valence electrons. The largest absolute Gasteiger partial charge is 0.493 e. The summed E-state index contributed by atoms with van der Waals surface area (Å²) in [7, 11) is 1.53. The zero-order valence-corrected chi connectivity index (χ0v) is 22.5. The summed E-state index contributed by atoms with van der Waals surface area (Å²) in [6.07, 6.45) is 3.47. The minimum Gasteiger partial charge on any atom is -0.493 e. The van der Waals surface area contributed by atoms with Gasteiger partial charge in [-0.2, -0.15) is 0 Å². The Balaban J connectivity index is 1.60. The number of amides is 1. The number of halogens is 1. The van der Waals surface area contributed by atoms with Crippen LogP contribution < -0.4 is 19.1 Å². The molecule has 1 fully saturated rings. The van der Waals surface area contributed by atoms with Gasteiger partial charge in [0.2, 0.25) is 18.4 Å². The van der Waals surface area contributed by atoms with Crippen LogP contribution in [0.4, 0.5) is 10.1 Å². The van der Waals surface area contributed by atoms with Crippen LogP contribution in [0.15, 0.2) is 30.3 Å². The average molecular weight is 529 g/mol. The third kappa shape index (κ3) is 5.72. The molecule has 8 nitrogen and oxygen atoms in total. The molecule has 2 aliphatic heterocycles. The lowest BCUT2D eigenvalue weighted by atomic mass is 9.88. The van der Waals surface area contributed by atoms with E-state index in [1.807, 2.05) is 11.0 Å². The first-order valence-corrected chi connectivity index (χ1v) is 13.3. The molecule has 0 aliphatic carbocycles. The smallest absolute Gasteiger partial charge is 0.308 e. The van der Waals surface area contributed by atoms with Gasteiger partial charge in [-0.05, 0) is 61.2 Å². The van der Waals surface area contributed by atoms with E-state index in [0.29, 0.717) is 35.0 Å². The lowest BCUT2D eigenvalue weighted by Gasteiger charge is -2.33. The zero-order valence-electron chi connectivity index (χ0n) is 22.5. The van der Waals surface area contributed by atoms with E-state index >= 15 is 0 Å². The molecule has 1 N–H and O–H groups in total. The molecule has 0 aromatic heterocycles. The SMILES string of the molecule is CCCC(CCC)N(C(=O)CN1CC(C(=O)O)C(c2cc(OC)c3c(c2)OCO3)C1)c1ccc(F)c(C)c1. The van der Waals surface area contributed by atoms with Crippen molar-refractivity contribution in [2.75, 3.05) is 38.4 Å². The molecule has 0 radical (unpaired) electrons. The van der Waals surface area contributed by atoms with Gasteiger partial charge in [0, 0.05) is 30.7 Å². The first kappa shape index (κ1) is 27.7. The zero-order chi connectivity index (χ0) is 27.4. The number of methoxy groups -OCH3 is 1. The van der Waals surface area contributed by atoms with Gasteiger partial charge in [0.25, 0.3) is 0 Å². The number of hydrogen-bond donors (Lipinski definition) is 1. The van der Waals surface area contributed by atoms with Crippen molar-refractivity contribution in [1.82, 2.24) is 4.90 Å². The predicted octanol–water partition coefficient (Wildman–Crippen LogP) is 4.97. The lowest BCUT2D eigenvalue weighted by molar-refractivity contribution is -0.141. The number of fused-ring (bicyclic) bond motifs is 1. The summed E-state index contributed by atoms with van der Waals surface area (Å²) >= 11 is 0. The molecule has 2 aromatic rings. The summed E-state index contributed by atoms with van der Waals surface area (Å²) in [5.74, 6) is -0.862. The average Bonchev–Trinajstić information content (AvgIpc) is 3.53. The maximum atomic E-state index is 14.1. The first-order chi connectivity index (χ1) is 18.3. The van der Waals surface area contributed by atoms with Crippen molar-refractivity contribution < 1.29 is 33.3 Å². The summed E-state index contributed by atoms with van der Waals surface area (Å²) < 4.78 is 30.5. The maximum absolute atomic E-state index is 14.1. The molecule has 2 unspecified atom stereocenters. The van der Waals surface area contributed by atoms with Gasteiger partial charge < -0.3 is 24.2 Å². The number of aryl methyl sites for hydroxylation is 1. The third-order valence-corrected chi connectivity index (χ3v) is 7.48. The van der Waals surface area contributed by atoms with Crippen molar-refractivity contribution in [2.45, 2.75) is 58.4 Å². The molecule has 0 saturated carbocycles. The number of rotatable bonds is 11. The molecule has 2 aromatic carbocycles. The van der Waals surface area contributed by atoms with Crippen LogP contribution in [0.25, 0.3) is 0 Å². The van der Waals surface area contributed by atoms with Gasteiger partial charge in [-0.1, -0.05) is 26.7 Å². The number of hydrogen-bond acceptors (Lipinski definition) is 6. The molecule has 2 heterocycles.